The van der Waals surface area contributed by atoms with Crippen LogP contribution in [0, 0.1) is 0 Å². The third-order valence-electron chi connectivity index (χ3n) is 3.09. The van der Waals surface area contributed by atoms with E-state index < -0.39 is 5.60 Å². The summed E-state index contributed by atoms with van der Waals surface area (Å²) in [6, 6.07) is 10.4. The van der Waals surface area contributed by atoms with Crippen LogP contribution in [0.2, 0.25) is 0 Å². The standard InChI is InChI=1S/C14H24N2O/c1-3-16(13-8-5-4-6-9-13)11-7-10-14(2,17)12-15/h4-6,8-9,17H,3,7,10-12,15H2,1-2H3. The van der Waals surface area contributed by atoms with Crippen molar-refractivity contribution >= 4 is 5.69 Å². The van der Waals surface area contributed by atoms with Crippen molar-refractivity contribution in [3.63, 3.8) is 0 Å². The van der Waals surface area contributed by atoms with E-state index in [1.165, 1.54) is 5.69 Å². The van der Waals surface area contributed by atoms with Crippen LogP contribution in [-0.2, 0) is 0 Å². The molecular formula is C14H24N2O. The third kappa shape index (κ3) is 4.75. The van der Waals surface area contributed by atoms with E-state index in [4.69, 9.17) is 5.73 Å². The first-order valence-electron chi connectivity index (χ1n) is 6.31. The molecule has 96 valence electrons. The molecule has 1 rings (SSSR count). The number of hydrogen-bond acceptors (Lipinski definition) is 3. The van der Waals surface area contributed by atoms with Gasteiger partial charge in [-0.25, -0.2) is 0 Å². The fraction of sp³-hybridized carbons (Fsp3) is 0.571. The topological polar surface area (TPSA) is 49.5 Å². The van der Waals surface area contributed by atoms with E-state index in [-0.39, 0.29) is 0 Å². The highest BCUT2D eigenvalue weighted by atomic mass is 16.3. The van der Waals surface area contributed by atoms with Crippen molar-refractivity contribution in [2.75, 3.05) is 24.5 Å². The Morgan fingerprint density at radius 3 is 2.47 bits per heavy atom. The highest BCUT2D eigenvalue weighted by Crippen LogP contribution is 2.16. The number of anilines is 1. The number of benzene rings is 1. The Labute approximate surface area is 104 Å². The Balaban J connectivity index is 2.44. The monoisotopic (exact) mass is 236 g/mol. The molecule has 0 saturated heterocycles. The Kier molecular flexibility index (Phi) is 5.45. The SMILES string of the molecule is CCN(CCCC(C)(O)CN)c1ccccc1. The van der Waals surface area contributed by atoms with Gasteiger partial charge in [0.2, 0.25) is 0 Å². The van der Waals surface area contributed by atoms with Gasteiger partial charge in [-0.15, -0.1) is 0 Å². The Morgan fingerprint density at radius 2 is 1.94 bits per heavy atom. The van der Waals surface area contributed by atoms with E-state index in [1.807, 2.05) is 18.2 Å². The molecule has 0 aliphatic heterocycles. The molecule has 1 unspecified atom stereocenters. The van der Waals surface area contributed by atoms with E-state index in [1.54, 1.807) is 6.92 Å². The summed E-state index contributed by atoms with van der Waals surface area (Å²) in [5.41, 5.74) is 6.02. The second kappa shape index (κ2) is 6.62. The largest absolute Gasteiger partial charge is 0.389 e. The van der Waals surface area contributed by atoms with Gasteiger partial charge in [-0.05, 0) is 38.8 Å². The molecular weight excluding hydrogens is 212 g/mol. The molecule has 0 amide bonds. The quantitative estimate of drug-likeness (QED) is 0.761. The van der Waals surface area contributed by atoms with Crippen LogP contribution >= 0.6 is 0 Å². The van der Waals surface area contributed by atoms with Crippen LogP contribution < -0.4 is 10.6 Å². The van der Waals surface area contributed by atoms with Gasteiger partial charge in [0.05, 0.1) is 5.60 Å². The minimum absolute atomic E-state index is 0.324. The van der Waals surface area contributed by atoms with Crippen molar-refractivity contribution in [2.24, 2.45) is 5.73 Å². The number of aliphatic hydroxyl groups is 1. The summed E-state index contributed by atoms with van der Waals surface area (Å²) < 4.78 is 0. The molecule has 0 aliphatic rings. The lowest BCUT2D eigenvalue weighted by molar-refractivity contribution is 0.0584. The molecule has 3 nitrogen and oxygen atoms in total. The molecule has 3 heteroatoms. The predicted octanol–water partition coefficient (Wildman–Crippen LogP) is 2.00. The Hall–Kier alpha value is -1.06. The molecule has 0 saturated carbocycles. The summed E-state index contributed by atoms with van der Waals surface area (Å²) in [5.74, 6) is 0. The molecule has 1 atom stereocenters. The molecule has 17 heavy (non-hydrogen) atoms. The zero-order valence-corrected chi connectivity index (χ0v) is 10.9. The van der Waals surface area contributed by atoms with Gasteiger partial charge in [0, 0.05) is 25.3 Å². The molecule has 0 spiro atoms. The smallest absolute Gasteiger partial charge is 0.0742 e. The maximum atomic E-state index is 9.84. The Morgan fingerprint density at radius 1 is 1.29 bits per heavy atom. The number of nitrogens with two attached hydrogens (primary N) is 1. The summed E-state index contributed by atoms with van der Waals surface area (Å²) in [5, 5.41) is 9.84. The maximum Gasteiger partial charge on any atom is 0.0742 e. The van der Waals surface area contributed by atoms with Gasteiger partial charge in [-0.3, -0.25) is 0 Å². The van der Waals surface area contributed by atoms with Gasteiger partial charge in [0.25, 0.3) is 0 Å². The fourth-order valence-corrected chi connectivity index (χ4v) is 1.86. The highest BCUT2D eigenvalue weighted by Gasteiger charge is 2.17. The first kappa shape index (κ1) is 14.0. The van der Waals surface area contributed by atoms with Crippen molar-refractivity contribution in [3.8, 4) is 0 Å². The van der Waals surface area contributed by atoms with Crippen molar-refractivity contribution in [2.45, 2.75) is 32.3 Å². The molecule has 0 heterocycles. The minimum atomic E-state index is -0.726. The first-order chi connectivity index (χ1) is 8.09. The lowest BCUT2D eigenvalue weighted by atomic mass is 10.0. The normalized spacial score (nSPS) is 14.4. The zero-order chi connectivity index (χ0) is 12.7. The van der Waals surface area contributed by atoms with Crippen LogP contribution in [0.15, 0.2) is 30.3 Å². The van der Waals surface area contributed by atoms with Crippen molar-refractivity contribution in [1.82, 2.24) is 0 Å². The first-order valence-corrected chi connectivity index (χ1v) is 6.31. The molecule has 0 aliphatic carbocycles. The molecule has 1 aromatic carbocycles. The molecule has 3 N–H and O–H groups in total. The van der Waals surface area contributed by atoms with Gasteiger partial charge in [-0.1, -0.05) is 18.2 Å². The number of para-hydroxylation sites is 1. The number of hydrogen-bond donors (Lipinski definition) is 2. The van der Waals surface area contributed by atoms with Crippen LogP contribution in [0.3, 0.4) is 0 Å². The van der Waals surface area contributed by atoms with Crippen LogP contribution in [0.25, 0.3) is 0 Å². The van der Waals surface area contributed by atoms with Crippen molar-refractivity contribution in [3.05, 3.63) is 30.3 Å². The van der Waals surface area contributed by atoms with Crippen molar-refractivity contribution < 1.29 is 5.11 Å². The fourth-order valence-electron chi connectivity index (χ4n) is 1.86. The molecule has 0 radical (unpaired) electrons. The van der Waals surface area contributed by atoms with Crippen LogP contribution in [0.4, 0.5) is 5.69 Å². The molecule has 0 aromatic heterocycles. The highest BCUT2D eigenvalue weighted by molar-refractivity contribution is 5.45. The lowest BCUT2D eigenvalue weighted by Crippen LogP contribution is -2.35. The summed E-state index contributed by atoms with van der Waals surface area (Å²) in [4.78, 5) is 2.31. The zero-order valence-electron chi connectivity index (χ0n) is 10.9. The molecule has 0 bridgehead atoms. The second-order valence-corrected chi connectivity index (χ2v) is 4.72. The summed E-state index contributed by atoms with van der Waals surface area (Å²) in [6.07, 6.45) is 1.69. The van der Waals surface area contributed by atoms with E-state index in [2.05, 4.69) is 24.0 Å². The van der Waals surface area contributed by atoms with Gasteiger partial charge in [0.1, 0.15) is 0 Å². The molecule has 0 fully saturated rings. The minimum Gasteiger partial charge on any atom is -0.389 e. The second-order valence-electron chi connectivity index (χ2n) is 4.72. The number of rotatable bonds is 7. The van der Waals surface area contributed by atoms with Crippen LogP contribution in [-0.4, -0.2) is 30.3 Å². The van der Waals surface area contributed by atoms with E-state index in [0.717, 1.165) is 25.9 Å². The average molecular weight is 236 g/mol. The predicted molar refractivity (Wildman–Crippen MR) is 73.2 cm³/mol. The van der Waals surface area contributed by atoms with E-state index >= 15 is 0 Å². The maximum absolute atomic E-state index is 9.84. The third-order valence-corrected chi connectivity index (χ3v) is 3.09. The van der Waals surface area contributed by atoms with E-state index in [9.17, 15) is 5.11 Å². The average Bonchev–Trinajstić information content (AvgIpc) is 2.36. The van der Waals surface area contributed by atoms with Crippen molar-refractivity contribution in [1.29, 1.82) is 0 Å². The van der Waals surface area contributed by atoms with Crippen LogP contribution in [0.1, 0.15) is 26.7 Å². The van der Waals surface area contributed by atoms with E-state index in [0.29, 0.717) is 6.54 Å². The summed E-state index contributed by atoms with van der Waals surface area (Å²) in [6.45, 7) is 6.20. The van der Waals surface area contributed by atoms with Crippen LogP contribution in [0.5, 0.6) is 0 Å². The van der Waals surface area contributed by atoms with Gasteiger partial charge < -0.3 is 15.7 Å². The van der Waals surface area contributed by atoms with Gasteiger partial charge >= 0.3 is 0 Å². The molecule has 1 aromatic rings. The lowest BCUT2D eigenvalue weighted by Gasteiger charge is -2.26. The van der Waals surface area contributed by atoms with Gasteiger partial charge in [0.15, 0.2) is 0 Å². The van der Waals surface area contributed by atoms with Gasteiger partial charge in [-0.2, -0.15) is 0 Å². The summed E-state index contributed by atoms with van der Waals surface area (Å²) in [7, 11) is 0. The summed E-state index contributed by atoms with van der Waals surface area (Å²) >= 11 is 0. The number of nitrogens with zero attached hydrogens (tertiary/aromatic N) is 1. The Bertz CT molecular complexity index is 311.